The number of nitrogens with zero attached hydrogens (tertiary/aromatic N) is 3. The monoisotopic (exact) mass is 437 g/mol. The van der Waals surface area contributed by atoms with Crippen molar-refractivity contribution in [1.82, 2.24) is 9.88 Å². The molecule has 5 nitrogen and oxygen atoms in total. The highest BCUT2D eigenvalue weighted by molar-refractivity contribution is 5.92. The third-order valence-corrected chi connectivity index (χ3v) is 6.79. The molecule has 1 aliphatic heterocycles. The van der Waals surface area contributed by atoms with Crippen molar-refractivity contribution in [3.05, 3.63) is 83.7 Å². The van der Waals surface area contributed by atoms with Gasteiger partial charge in [0.25, 0.3) is 0 Å². The number of carbonyl (C=O) groups excluding carboxylic acids is 1. The largest absolute Gasteiger partial charge is 0.457 e. The second-order valence-corrected chi connectivity index (χ2v) is 9.06. The third kappa shape index (κ3) is 4.11. The lowest BCUT2D eigenvalue weighted by Crippen LogP contribution is -2.49. The van der Waals surface area contributed by atoms with E-state index in [1.165, 1.54) is 22.4 Å². The van der Waals surface area contributed by atoms with E-state index in [-0.39, 0.29) is 0 Å². The Hall–Kier alpha value is -3.60. The van der Waals surface area contributed by atoms with Crippen molar-refractivity contribution in [2.75, 3.05) is 31.1 Å². The molecule has 3 aromatic rings. The number of fused-ring (bicyclic) bond motifs is 1. The first kappa shape index (κ1) is 20.0. The van der Waals surface area contributed by atoms with Crippen LogP contribution in [0.3, 0.4) is 0 Å². The lowest BCUT2D eigenvalue weighted by molar-refractivity contribution is -0.132. The molecule has 0 bridgehead atoms. The number of anilines is 1. The summed E-state index contributed by atoms with van der Waals surface area (Å²) in [6, 6.07) is 20.3. The summed E-state index contributed by atoms with van der Waals surface area (Å²) in [4.78, 5) is 21.5. The number of rotatable bonds is 5. The number of aromatic nitrogens is 1. The van der Waals surface area contributed by atoms with Crippen molar-refractivity contribution < 1.29 is 9.53 Å². The normalized spacial score (nSPS) is 17.5. The quantitative estimate of drug-likeness (QED) is 0.562. The number of amides is 1. The van der Waals surface area contributed by atoms with Crippen molar-refractivity contribution in [2.45, 2.75) is 19.3 Å². The summed E-state index contributed by atoms with van der Waals surface area (Å²) in [5.41, 5.74) is 6.05. The molecule has 0 spiro atoms. The molecule has 166 valence electrons. The lowest BCUT2D eigenvalue weighted by Gasteiger charge is -2.37. The van der Waals surface area contributed by atoms with Gasteiger partial charge in [0.05, 0.1) is 5.69 Å². The van der Waals surface area contributed by atoms with Gasteiger partial charge < -0.3 is 14.5 Å². The lowest BCUT2D eigenvalue weighted by atomic mass is 10.1. The highest BCUT2D eigenvalue weighted by Crippen LogP contribution is 2.37. The van der Waals surface area contributed by atoms with Gasteiger partial charge in [0, 0.05) is 56.0 Å². The molecule has 1 amide bonds. The van der Waals surface area contributed by atoms with Crippen LogP contribution in [0.5, 0.6) is 11.5 Å². The Labute approximate surface area is 194 Å². The zero-order valence-corrected chi connectivity index (χ0v) is 18.6. The minimum absolute atomic E-state index is 0.302. The number of hydrogen-bond acceptors (Lipinski definition) is 4. The van der Waals surface area contributed by atoms with Crippen LogP contribution in [-0.4, -0.2) is 42.0 Å². The van der Waals surface area contributed by atoms with Crippen LogP contribution in [0.2, 0.25) is 0 Å². The predicted octanol–water partition coefficient (Wildman–Crippen LogP) is 5.03. The molecule has 0 radical (unpaired) electrons. The van der Waals surface area contributed by atoms with Gasteiger partial charge in [-0.2, -0.15) is 0 Å². The van der Waals surface area contributed by atoms with Crippen LogP contribution in [0.4, 0.5) is 5.69 Å². The van der Waals surface area contributed by atoms with Crippen LogP contribution < -0.4 is 9.64 Å². The number of benzene rings is 2. The Morgan fingerprint density at radius 2 is 1.61 bits per heavy atom. The van der Waals surface area contributed by atoms with E-state index >= 15 is 0 Å². The van der Waals surface area contributed by atoms with Gasteiger partial charge in [-0.3, -0.25) is 9.78 Å². The van der Waals surface area contributed by atoms with E-state index in [1.54, 1.807) is 0 Å². The molecular weight excluding hydrogens is 410 g/mol. The number of piperazine rings is 1. The number of para-hydroxylation sites is 1. The van der Waals surface area contributed by atoms with Crippen molar-refractivity contribution in [3.8, 4) is 11.5 Å². The van der Waals surface area contributed by atoms with Crippen molar-refractivity contribution in [1.29, 1.82) is 0 Å². The molecule has 1 saturated heterocycles. The molecule has 5 heteroatoms. The van der Waals surface area contributed by atoms with E-state index in [0.717, 1.165) is 62.6 Å². The van der Waals surface area contributed by atoms with E-state index in [0.29, 0.717) is 11.8 Å². The summed E-state index contributed by atoms with van der Waals surface area (Å²) < 4.78 is 5.93. The molecular formula is C28H27N3O2. The van der Waals surface area contributed by atoms with Crippen LogP contribution in [-0.2, 0) is 11.2 Å². The molecule has 1 aromatic heterocycles. The van der Waals surface area contributed by atoms with Crippen molar-refractivity contribution in [3.63, 3.8) is 0 Å². The van der Waals surface area contributed by atoms with Crippen molar-refractivity contribution in [2.24, 2.45) is 5.92 Å². The minimum Gasteiger partial charge on any atom is -0.457 e. The first-order chi connectivity index (χ1) is 16.2. The molecule has 2 heterocycles. The summed E-state index contributed by atoms with van der Waals surface area (Å²) in [5, 5.41) is 0. The van der Waals surface area contributed by atoms with Crippen LogP contribution in [0.1, 0.15) is 29.7 Å². The minimum atomic E-state index is 0.302. The topological polar surface area (TPSA) is 45.7 Å². The summed E-state index contributed by atoms with van der Waals surface area (Å²) in [7, 11) is 0. The molecule has 2 aliphatic carbocycles. The molecule has 33 heavy (non-hydrogen) atoms. The van der Waals surface area contributed by atoms with E-state index in [9.17, 15) is 4.79 Å². The fraction of sp³-hybridized carbons (Fsp3) is 0.286. The van der Waals surface area contributed by atoms with Gasteiger partial charge in [0.2, 0.25) is 5.91 Å². The standard InChI is InChI=1S/C28H27N3O2/c32-28(21-6-7-21)31-16-14-30(15-17-31)27-12-13-29-26-19-22(18-25(26)27)20-8-10-24(11-9-20)33-23-4-2-1-3-5-23/h1-5,8-13,18,21H,6-7,14-17,19H2. The Kier molecular flexibility index (Phi) is 5.10. The van der Waals surface area contributed by atoms with Crippen LogP contribution in [0, 0.1) is 5.92 Å². The van der Waals surface area contributed by atoms with Crippen LogP contribution in [0.25, 0.3) is 11.6 Å². The summed E-state index contributed by atoms with van der Waals surface area (Å²) in [6.45, 7) is 3.38. The fourth-order valence-corrected chi connectivity index (χ4v) is 4.79. The number of ether oxygens (including phenoxy) is 1. The summed E-state index contributed by atoms with van der Waals surface area (Å²) >= 11 is 0. The second kappa shape index (κ2) is 8.39. The Morgan fingerprint density at radius 1 is 0.879 bits per heavy atom. The Balaban J connectivity index is 1.17. The van der Waals surface area contributed by atoms with Crippen LogP contribution >= 0.6 is 0 Å². The molecule has 0 unspecified atom stereocenters. The molecule has 0 atom stereocenters. The van der Waals surface area contributed by atoms with E-state index in [4.69, 9.17) is 4.74 Å². The van der Waals surface area contributed by atoms with E-state index in [1.807, 2.05) is 48.7 Å². The molecule has 2 aromatic carbocycles. The number of carbonyl (C=O) groups is 1. The molecule has 0 N–H and O–H groups in total. The molecule has 3 aliphatic rings. The second-order valence-electron chi connectivity index (χ2n) is 9.06. The van der Waals surface area contributed by atoms with Gasteiger partial charge in [0.15, 0.2) is 0 Å². The predicted molar refractivity (Wildman–Crippen MR) is 130 cm³/mol. The average Bonchev–Trinajstić information content (AvgIpc) is 3.62. The Morgan fingerprint density at radius 3 is 2.33 bits per heavy atom. The van der Waals surface area contributed by atoms with Crippen molar-refractivity contribution >= 4 is 23.2 Å². The fourth-order valence-electron chi connectivity index (χ4n) is 4.79. The van der Waals surface area contributed by atoms with E-state index < -0.39 is 0 Å². The maximum atomic E-state index is 12.4. The number of allylic oxidation sites excluding steroid dienone is 1. The highest BCUT2D eigenvalue weighted by Gasteiger charge is 2.35. The van der Waals surface area contributed by atoms with Gasteiger partial charge >= 0.3 is 0 Å². The molecule has 1 saturated carbocycles. The van der Waals surface area contributed by atoms with Gasteiger partial charge in [0.1, 0.15) is 11.5 Å². The van der Waals surface area contributed by atoms with Gasteiger partial charge in [-0.05, 0) is 60.4 Å². The van der Waals surface area contributed by atoms with Crippen LogP contribution in [0.15, 0.2) is 66.9 Å². The van der Waals surface area contributed by atoms with Gasteiger partial charge in [-0.1, -0.05) is 30.3 Å². The molecule has 6 rings (SSSR count). The number of pyridine rings is 1. The van der Waals surface area contributed by atoms with Gasteiger partial charge in [-0.25, -0.2) is 0 Å². The maximum Gasteiger partial charge on any atom is 0.225 e. The maximum absolute atomic E-state index is 12.4. The average molecular weight is 438 g/mol. The van der Waals surface area contributed by atoms with E-state index in [2.05, 4.69) is 39.1 Å². The molecule has 2 fully saturated rings. The number of hydrogen-bond donors (Lipinski definition) is 0. The first-order valence-electron chi connectivity index (χ1n) is 11.8. The third-order valence-electron chi connectivity index (χ3n) is 6.79. The van der Waals surface area contributed by atoms with Gasteiger partial charge in [-0.15, -0.1) is 0 Å². The zero-order valence-electron chi connectivity index (χ0n) is 18.6. The summed E-state index contributed by atoms with van der Waals surface area (Å²) in [5.74, 6) is 2.33. The summed E-state index contributed by atoms with van der Waals surface area (Å²) in [6.07, 6.45) is 7.19. The first-order valence-corrected chi connectivity index (χ1v) is 11.8. The zero-order chi connectivity index (χ0) is 22.2. The Bertz CT molecular complexity index is 1190. The highest BCUT2D eigenvalue weighted by atomic mass is 16.5. The SMILES string of the molecule is O=C(C1CC1)N1CCN(c2ccnc3c2C=C(c2ccc(Oc4ccccc4)cc2)C3)CC1. The smallest absolute Gasteiger partial charge is 0.225 e.